The summed E-state index contributed by atoms with van der Waals surface area (Å²) in [5.74, 6) is -0.647. The molecule has 2 aliphatic carbocycles. The van der Waals surface area contributed by atoms with Crippen molar-refractivity contribution in [3.8, 4) is 0 Å². The van der Waals surface area contributed by atoms with Gasteiger partial charge in [-0.1, -0.05) is 19.2 Å². The van der Waals surface area contributed by atoms with E-state index in [0.717, 1.165) is 0 Å². The van der Waals surface area contributed by atoms with Crippen molar-refractivity contribution in [1.82, 2.24) is 39.0 Å². The molecule has 5 fully saturated rings. The molecule has 3 aliphatic heterocycles. The van der Waals surface area contributed by atoms with Gasteiger partial charge < -0.3 is 40.0 Å². The number of aliphatic hydroxyl groups excluding tert-OH is 1. The largest absolute Gasteiger partial charge is 0.472 e. The fourth-order valence-corrected chi connectivity index (χ4v) is 10.9. The number of aromatic amines is 1. The quantitative estimate of drug-likeness (QED) is 0.118. The van der Waals surface area contributed by atoms with Crippen LogP contribution < -0.4 is 17.0 Å². The number of phosphoric ester groups is 1. The molecule has 5 aliphatic rings. The summed E-state index contributed by atoms with van der Waals surface area (Å²) >= 11 is 4.26. The van der Waals surface area contributed by atoms with Crippen LogP contribution in [0.25, 0.3) is 22.3 Å². The van der Waals surface area contributed by atoms with Gasteiger partial charge in [0.25, 0.3) is 5.56 Å². The molecular formula is C24H28N10O11P2S. The topological polar surface area (TPSA) is 289 Å². The first-order chi connectivity index (χ1) is 22.7. The van der Waals surface area contributed by atoms with Crippen molar-refractivity contribution in [2.24, 2.45) is 11.3 Å². The third-order valence-corrected chi connectivity index (χ3v) is 12.9. The predicted molar refractivity (Wildman–Crippen MR) is 163 cm³/mol. The molecule has 9 rings (SSSR count). The Hall–Kier alpha value is -3.01. The number of nitrogens with two attached hydrogens (primary N) is 2. The van der Waals surface area contributed by atoms with E-state index in [9.17, 15) is 23.9 Å². The van der Waals surface area contributed by atoms with Gasteiger partial charge in [-0.2, -0.15) is 4.98 Å². The molecule has 256 valence electrons. The van der Waals surface area contributed by atoms with Gasteiger partial charge in [0.1, 0.15) is 41.4 Å². The van der Waals surface area contributed by atoms with Gasteiger partial charge in [0.05, 0.1) is 38.5 Å². The Morgan fingerprint density at radius 3 is 2.65 bits per heavy atom. The number of rotatable bonds is 2. The van der Waals surface area contributed by atoms with Crippen molar-refractivity contribution in [2.75, 3.05) is 31.3 Å². The number of thiol groups is 1. The molecule has 21 nitrogen and oxygen atoms in total. The van der Waals surface area contributed by atoms with Crippen LogP contribution in [0.3, 0.4) is 0 Å². The molecule has 3 saturated heterocycles. The summed E-state index contributed by atoms with van der Waals surface area (Å²) in [6, 6.07) is -0.817. The first kappa shape index (κ1) is 31.0. The van der Waals surface area contributed by atoms with Gasteiger partial charge in [-0.15, -0.1) is 0 Å². The van der Waals surface area contributed by atoms with Crippen molar-refractivity contribution in [3.63, 3.8) is 0 Å². The molecule has 1 unspecified atom stereocenters. The highest BCUT2D eigenvalue weighted by atomic mass is 32.7. The number of aromatic nitrogens is 8. The summed E-state index contributed by atoms with van der Waals surface area (Å²) in [6.45, 7) is -3.70. The number of phosphoric acid groups is 1. The second-order valence-corrected chi connectivity index (χ2v) is 17.1. The number of hydrogen-bond donors (Lipinski definition) is 6. The number of anilines is 2. The van der Waals surface area contributed by atoms with E-state index >= 15 is 0 Å². The van der Waals surface area contributed by atoms with Crippen LogP contribution in [0.2, 0.25) is 0 Å². The van der Waals surface area contributed by atoms with E-state index in [1.54, 1.807) is 6.92 Å². The van der Waals surface area contributed by atoms with Gasteiger partial charge in [0.2, 0.25) is 5.95 Å². The van der Waals surface area contributed by atoms with Crippen LogP contribution in [-0.2, 0) is 36.7 Å². The lowest BCUT2D eigenvalue weighted by Crippen LogP contribution is -2.46. The van der Waals surface area contributed by atoms with E-state index in [0.29, 0.717) is 11.2 Å². The second kappa shape index (κ2) is 9.82. The van der Waals surface area contributed by atoms with Crippen LogP contribution in [0, 0.1) is 11.3 Å². The molecule has 0 radical (unpaired) electrons. The summed E-state index contributed by atoms with van der Waals surface area (Å²) in [4.78, 5) is 46.7. The zero-order valence-electron chi connectivity index (χ0n) is 24.7. The minimum Gasteiger partial charge on any atom is -0.388 e. The highest BCUT2D eigenvalue weighted by molar-refractivity contribution is 8.44. The van der Waals surface area contributed by atoms with Gasteiger partial charge >= 0.3 is 14.6 Å². The minimum atomic E-state index is -4.99. The monoisotopic (exact) mass is 726 g/mol. The molecule has 4 aromatic rings. The van der Waals surface area contributed by atoms with Gasteiger partial charge in [0, 0.05) is 11.3 Å². The van der Waals surface area contributed by atoms with Crippen LogP contribution in [-0.4, -0.2) is 98.4 Å². The lowest BCUT2D eigenvalue weighted by atomic mass is 9.92. The van der Waals surface area contributed by atoms with Crippen molar-refractivity contribution in [3.05, 3.63) is 29.3 Å². The van der Waals surface area contributed by atoms with Crippen LogP contribution in [0.1, 0.15) is 25.6 Å². The molecule has 7 heterocycles. The molecule has 2 bridgehead atoms. The van der Waals surface area contributed by atoms with E-state index < -0.39 is 79.9 Å². The first-order valence-electron chi connectivity index (χ1n) is 14.7. The number of H-pyrrole nitrogens is 1. The molecule has 48 heavy (non-hydrogen) atoms. The van der Waals surface area contributed by atoms with Crippen LogP contribution in [0.5, 0.6) is 0 Å². The number of imidazole rings is 2. The maximum atomic E-state index is 13.8. The first-order valence-corrected chi connectivity index (χ1v) is 18.8. The normalized spacial score (nSPS) is 43.8. The van der Waals surface area contributed by atoms with Crippen molar-refractivity contribution in [1.29, 1.82) is 0 Å². The van der Waals surface area contributed by atoms with Gasteiger partial charge in [-0.05, 0) is 6.42 Å². The Labute approximate surface area is 273 Å². The number of nitrogens with zero attached hydrogens (tertiary/aromatic N) is 7. The van der Waals surface area contributed by atoms with Gasteiger partial charge in [0.15, 0.2) is 28.9 Å². The fraction of sp³-hybridized carbons (Fsp3) is 0.583. The lowest BCUT2D eigenvalue weighted by molar-refractivity contribution is -0.184. The van der Waals surface area contributed by atoms with Crippen molar-refractivity contribution >= 4 is 61.0 Å². The number of ether oxygens (including phenoxy) is 2. The average Bonchev–Trinajstić information content (AvgIpc) is 3.69. The molecule has 4 aromatic heterocycles. The zero-order valence-corrected chi connectivity index (χ0v) is 27.4. The Morgan fingerprint density at radius 2 is 1.83 bits per heavy atom. The summed E-state index contributed by atoms with van der Waals surface area (Å²) in [7, 11) is -4.99. The van der Waals surface area contributed by atoms with Gasteiger partial charge in [-0.25, -0.2) is 29.1 Å². The minimum absolute atomic E-state index is 0.00938. The summed E-state index contributed by atoms with van der Waals surface area (Å²) in [6.07, 6.45) is -0.395. The SMILES string of the molecule is C[C@@]12CO[P@@](=O)(S)O[C@H]3[C@H]4OC[C@]3(COP(=O)(O)O[C@]13[C@@H](O)[C@H](n1cnc5c(=O)[nH]c(N)nc51)C[C@@H]32)O[C@H]4n1cnc2c(N)ncnc21. The number of nitrogens with one attached hydrogen (secondary N) is 1. The standard InChI is InChI=1S/C24H28N10O11P2S/c1-22-3-42-47(39,48)44-15-13-20(34-8-29-11-16(25)27-6-28-17(11)34)43-23(15,4-40-13)5-41-46(37,38)45-24(22)10(22)2-9(14(24)35)33-7-30-12-18(33)31-21(26)32-19(12)36/h6-10,13-15,20,35H,2-5H2,1H3,(H,37,38)(H,39,48)(H2,25,27,28)(H3,26,31,32,36)/t9-,10-,13-,14+,15+,20-,22+,23-,24-,47-/m1/s1. The number of hydrogen-bond acceptors (Lipinski definition) is 17. The Balaban J connectivity index is 1.06. The Kier molecular flexibility index (Phi) is 6.34. The number of nitrogen functional groups attached to an aromatic ring is 2. The maximum absolute atomic E-state index is 13.8. The molecule has 24 heteroatoms. The van der Waals surface area contributed by atoms with E-state index in [1.165, 1.54) is 28.1 Å². The average molecular weight is 727 g/mol. The summed E-state index contributed by atoms with van der Waals surface area (Å²) < 4.78 is 66.2. The molecular weight excluding hydrogens is 698 g/mol. The number of aliphatic hydroxyl groups is 1. The van der Waals surface area contributed by atoms with Crippen LogP contribution >= 0.6 is 26.9 Å². The maximum Gasteiger partial charge on any atom is 0.472 e. The molecule has 1 spiro atoms. The lowest BCUT2D eigenvalue weighted by Gasteiger charge is -2.35. The molecule has 2 saturated carbocycles. The van der Waals surface area contributed by atoms with E-state index in [-0.39, 0.29) is 42.6 Å². The molecule has 0 amide bonds. The zero-order chi connectivity index (χ0) is 33.6. The summed E-state index contributed by atoms with van der Waals surface area (Å²) in [5.41, 5.74) is 7.35. The highest BCUT2D eigenvalue weighted by Crippen LogP contribution is 2.79. The van der Waals surface area contributed by atoms with Crippen LogP contribution in [0.15, 0.2) is 23.8 Å². The predicted octanol–water partition coefficient (Wildman–Crippen LogP) is 0.0578. The third-order valence-electron chi connectivity index (χ3n) is 10.3. The van der Waals surface area contributed by atoms with E-state index in [2.05, 4.69) is 42.2 Å². The molecule has 11 atom stereocenters. The van der Waals surface area contributed by atoms with E-state index in [4.69, 9.17) is 39.0 Å². The Morgan fingerprint density at radius 1 is 1.06 bits per heavy atom. The van der Waals surface area contributed by atoms with Gasteiger partial charge in [-0.3, -0.25) is 27.9 Å². The second-order valence-electron chi connectivity index (χ2n) is 12.8. The van der Waals surface area contributed by atoms with Crippen LogP contribution in [0.4, 0.5) is 11.8 Å². The fourth-order valence-electron chi connectivity index (χ4n) is 8.02. The molecule has 7 N–H and O–H groups in total. The summed E-state index contributed by atoms with van der Waals surface area (Å²) in [5, 5.41) is 11.8. The highest BCUT2D eigenvalue weighted by Gasteiger charge is 2.85. The van der Waals surface area contributed by atoms with Crippen molar-refractivity contribution < 1.29 is 46.7 Å². The third kappa shape index (κ3) is 4.10. The van der Waals surface area contributed by atoms with E-state index in [1.807, 2.05) is 0 Å². The Bertz CT molecular complexity index is 2180. The number of fused-ring (bicyclic) bond motifs is 3. The smallest absolute Gasteiger partial charge is 0.388 e. The molecule has 0 aromatic carbocycles. The van der Waals surface area contributed by atoms with Crippen molar-refractivity contribution in [2.45, 2.75) is 55.1 Å².